The van der Waals surface area contributed by atoms with Crippen LogP contribution in [-0.4, -0.2) is 6.61 Å². The molecule has 0 saturated heterocycles. The Labute approximate surface area is 84.2 Å². The van der Waals surface area contributed by atoms with Gasteiger partial charge in [-0.05, 0) is 19.9 Å². The molecule has 1 aromatic heterocycles. The molecule has 0 aliphatic heterocycles. The van der Waals surface area contributed by atoms with E-state index in [0.29, 0.717) is 6.61 Å². The second kappa shape index (κ2) is 5.35. The van der Waals surface area contributed by atoms with Gasteiger partial charge in [-0.25, -0.2) is 0 Å². The molecule has 62 valence electrons. The van der Waals surface area contributed by atoms with Crippen LogP contribution in [0.25, 0.3) is 0 Å². The van der Waals surface area contributed by atoms with Crippen LogP contribution in [0.4, 0.5) is 0 Å². The van der Waals surface area contributed by atoms with E-state index in [9.17, 15) is 0 Å². The number of hydrogen-bond acceptors (Lipinski definition) is 1. The van der Waals surface area contributed by atoms with Crippen molar-refractivity contribution in [3.8, 4) is 0 Å². The molecule has 1 aromatic rings. The Morgan fingerprint density at radius 2 is 2.27 bits per heavy atom. The molecule has 11 heavy (non-hydrogen) atoms. The van der Waals surface area contributed by atoms with Crippen LogP contribution in [-0.2, 0) is 0 Å². The number of pyridine rings is 1. The predicted molar refractivity (Wildman–Crippen MR) is 38.5 cm³/mol. The van der Waals surface area contributed by atoms with Gasteiger partial charge in [-0.15, -0.1) is 0 Å². The Hall–Kier alpha value is -0.320. The van der Waals surface area contributed by atoms with Gasteiger partial charge < -0.3 is 24.0 Å². The van der Waals surface area contributed by atoms with Gasteiger partial charge in [0.25, 0.3) is 0 Å². The molecule has 1 rings (SSSR count). The zero-order chi connectivity index (χ0) is 7.40. The number of nitrogens with zero attached hydrogens (tertiary/aromatic N) is 1. The van der Waals surface area contributed by atoms with E-state index in [4.69, 9.17) is 4.84 Å². The minimum Gasteiger partial charge on any atom is -1.00 e. The van der Waals surface area contributed by atoms with Crippen LogP contribution in [0.5, 0.6) is 0 Å². The first kappa shape index (κ1) is 10.7. The molecule has 2 nitrogen and oxygen atoms in total. The summed E-state index contributed by atoms with van der Waals surface area (Å²) in [5, 5.41) is 0. The van der Waals surface area contributed by atoms with Gasteiger partial charge in [0.1, 0.15) is 0 Å². The Bertz CT molecular complexity index is 215. The SMILES string of the molecule is CCO[n+]1cccc(C)c1.[I-]. The van der Waals surface area contributed by atoms with E-state index in [-0.39, 0.29) is 24.0 Å². The van der Waals surface area contributed by atoms with Crippen molar-refractivity contribution in [1.29, 1.82) is 0 Å². The molecule has 0 aliphatic rings. The second-order valence-electron chi connectivity index (χ2n) is 2.16. The molecule has 0 radical (unpaired) electrons. The van der Waals surface area contributed by atoms with Gasteiger partial charge in [-0.1, -0.05) is 0 Å². The molecule has 0 aromatic carbocycles. The van der Waals surface area contributed by atoms with E-state index in [1.54, 1.807) is 4.73 Å². The van der Waals surface area contributed by atoms with Crippen molar-refractivity contribution in [2.24, 2.45) is 0 Å². The van der Waals surface area contributed by atoms with E-state index < -0.39 is 0 Å². The minimum absolute atomic E-state index is 0. The van der Waals surface area contributed by atoms with Crippen LogP contribution >= 0.6 is 0 Å². The lowest BCUT2D eigenvalue weighted by Gasteiger charge is -1.92. The molecule has 0 saturated carbocycles. The molecule has 0 amide bonds. The van der Waals surface area contributed by atoms with Gasteiger partial charge in [-0.2, -0.15) is 0 Å². The van der Waals surface area contributed by atoms with Crippen molar-refractivity contribution in [2.75, 3.05) is 6.61 Å². The molecule has 0 bridgehead atoms. The zero-order valence-electron chi connectivity index (χ0n) is 6.75. The Morgan fingerprint density at radius 3 is 2.82 bits per heavy atom. The summed E-state index contributed by atoms with van der Waals surface area (Å²) in [6, 6.07) is 4.00. The Balaban J connectivity index is 0.000001000. The molecule has 0 atom stereocenters. The lowest BCUT2D eigenvalue weighted by atomic mass is 10.3. The third-order valence-corrected chi connectivity index (χ3v) is 1.20. The largest absolute Gasteiger partial charge is 1.00 e. The zero-order valence-corrected chi connectivity index (χ0v) is 8.91. The van der Waals surface area contributed by atoms with Crippen molar-refractivity contribution >= 4 is 0 Å². The van der Waals surface area contributed by atoms with Crippen LogP contribution in [0.3, 0.4) is 0 Å². The standard InChI is InChI=1S/C8H12NO.HI/c1-3-10-9-6-4-5-8(2)7-9;/h4-7H,3H2,1-2H3;1H/q+1;/p-1. The van der Waals surface area contributed by atoms with E-state index in [1.807, 2.05) is 38.4 Å². The number of aromatic nitrogens is 1. The molecular formula is C8H12INO. The summed E-state index contributed by atoms with van der Waals surface area (Å²) in [7, 11) is 0. The summed E-state index contributed by atoms with van der Waals surface area (Å²) < 4.78 is 1.72. The predicted octanol–water partition coefficient (Wildman–Crippen LogP) is -2.26. The van der Waals surface area contributed by atoms with Crippen LogP contribution in [0.15, 0.2) is 24.5 Å². The average molecular weight is 265 g/mol. The summed E-state index contributed by atoms with van der Waals surface area (Å²) in [5.41, 5.74) is 1.20. The number of hydrogen-bond donors (Lipinski definition) is 0. The third-order valence-electron chi connectivity index (χ3n) is 1.20. The molecule has 0 spiro atoms. The first-order chi connectivity index (χ1) is 4.83. The maximum atomic E-state index is 5.20. The highest BCUT2D eigenvalue weighted by molar-refractivity contribution is 5.00. The quantitative estimate of drug-likeness (QED) is 0.434. The van der Waals surface area contributed by atoms with Crippen molar-refractivity contribution in [2.45, 2.75) is 13.8 Å². The normalized spacial score (nSPS) is 8.55. The molecule has 1 heterocycles. The van der Waals surface area contributed by atoms with Gasteiger partial charge in [-0.3, -0.25) is 4.84 Å². The Morgan fingerprint density at radius 1 is 1.55 bits per heavy atom. The smallest absolute Gasteiger partial charge is 0.225 e. The third kappa shape index (κ3) is 3.55. The van der Waals surface area contributed by atoms with E-state index in [2.05, 4.69) is 0 Å². The molecule has 0 fully saturated rings. The van der Waals surface area contributed by atoms with Crippen molar-refractivity contribution in [3.63, 3.8) is 0 Å². The summed E-state index contributed by atoms with van der Waals surface area (Å²) in [6.07, 6.45) is 3.83. The van der Waals surface area contributed by atoms with E-state index >= 15 is 0 Å². The Kier molecular flexibility index (Phi) is 5.19. The molecule has 0 N–H and O–H groups in total. The number of aryl methyl sites for hydroxylation is 1. The minimum atomic E-state index is 0. The monoisotopic (exact) mass is 265 g/mol. The molecular weight excluding hydrogens is 253 g/mol. The first-order valence-electron chi connectivity index (χ1n) is 3.44. The summed E-state index contributed by atoms with van der Waals surface area (Å²) in [4.78, 5) is 5.20. The summed E-state index contributed by atoms with van der Waals surface area (Å²) in [6.45, 7) is 4.71. The lowest BCUT2D eigenvalue weighted by Crippen LogP contribution is -3.00. The van der Waals surface area contributed by atoms with Crippen LogP contribution in [0, 0.1) is 6.92 Å². The van der Waals surface area contributed by atoms with Crippen LogP contribution < -0.4 is 33.5 Å². The maximum absolute atomic E-state index is 5.20. The van der Waals surface area contributed by atoms with Gasteiger partial charge in [0, 0.05) is 16.4 Å². The topological polar surface area (TPSA) is 13.1 Å². The van der Waals surface area contributed by atoms with E-state index in [1.165, 1.54) is 5.56 Å². The fraction of sp³-hybridized carbons (Fsp3) is 0.375. The van der Waals surface area contributed by atoms with Crippen molar-refractivity contribution in [1.82, 2.24) is 0 Å². The van der Waals surface area contributed by atoms with Gasteiger partial charge in [0.15, 0.2) is 6.61 Å². The molecule has 3 heteroatoms. The highest BCUT2D eigenvalue weighted by Crippen LogP contribution is 1.87. The fourth-order valence-corrected chi connectivity index (χ4v) is 0.796. The lowest BCUT2D eigenvalue weighted by molar-refractivity contribution is -0.891. The van der Waals surface area contributed by atoms with E-state index in [0.717, 1.165) is 0 Å². The second-order valence-corrected chi connectivity index (χ2v) is 2.16. The van der Waals surface area contributed by atoms with Gasteiger partial charge in [0.05, 0.1) is 0 Å². The van der Waals surface area contributed by atoms with Crippen LogP contribution in [0.1, 0.15) is 12.5 Å². The fourth-order valence-electron chi connectivity index (χ4n) is 0.796. The number of halogens is 1. The van der Waals surface area contributed by atoms with Gasteiger partial charge in [0.2, 0.25) is 12.4 Å². The molecule has 0 aliphatic carbocycles. The summed E-state index contributed by atoms with van der Waals surface area (Å²) >= 11 is 0. The maximum Gasteiger partial charge on any atom is 0.225 e. The van der Waals surface area contributed by atoms with Crippen molar-refractivity contribution < 1.29 is 33.5 Å². The molecule has 0 unspecified atom stereocenters. The first-order valence-corrected chi connectivity index (χ1v) is 3.44. The highest BCUT2D eigenvalue weighted by Gasteiger charge is 1.96. The van der Waals surface area contributed by atoms with Crippen LogP contribution in [0.2, 0.25) is 0 Å². The average Bonchev–Trinajstić information content (AvgIpc) is 1.88. The highest BCUT2D eigenvalue weighted by atomic mass is 127. The van der Waals surface area contributed by atoms with Crippen molar-refractivity contribution in [3.05, 3.63) is 30.1 Å². The summed E-state index contributed by atoms with van der Waals surface area (Å²) in [5.74, 6) is 0. The number of rotatable bonds is 2. The van der Waals surface area contributed by atoms with Gasteiger partial charge >= 0.3 is 0 Å².